The first kappa shape index (κ1) is 20.4. The summed E-state index contributed by atoms with van der Waals surface area (Å²) in [6.07, 6.45) is 1.76. The van der Waals surface area contributed by atoms with Gasteiger partial charge in [-0.1, -0.05) is 12.1 Å². The highest BCUT2D eigenvalue weighted by Gasteiger charge is 2.22. The first-order valence-corrected chi connectivity index (χ1v) is 8.03. The number of piperidine rings is 1. The fraction of sp³-hybridized carbons (Fsp3) is 0.471. The van der Waals surface area contributed by atoms with E-state index >= 15 is 0 Å². The number of hydrogen-bond donors (Lipinski definition) is 3. The molecule has 0 spiro atoms. The van der Waals surface area contributed by atoms with Crippen LogP contribution in [0.25, 0.3) is 0 Å². The maximum atomic E-state index is 11.1. The number of benzene rings is 1. The minimum Gasteiger partial charge on any atom is -0.494 e. The van der Waals surface area contributed by atoms with Gasteiger partial charge in [-0.05, 0) is 50.6 Å². The summed E-state index contributed by atoms with van der Waals surface area (Å²) in [6, 6.07) is 8.22. The van der Waals surface area contributed by atoms with Gasteiger partial charge in [0, 0.05) is 12.5 Å². The first-order valence-electron chi connectivity index (χ1n) is 8.03. The van der Waals surface area contributed by atoms with E-state index in [4.69, 9.17) is 30.3 Å². The summed E-state index contributed by atoms with van der Waals surface area (Å²) in [5, 5.41) is 14.8. The minimum absolute atomic E-state index is 0.0663. The largest absolute Gasteiger partial charge is 0.494 e. The van der Waals surface area contributed by atoms with Crippen molar-refractivity contribution in [2.75, 3.05) is 19.7 Å². The van der Waals surface area contributed by atoms with E-state index in [0.717, 1.165) is 38.2 Å². The second-order valence-corrected chi connectivity index (χ2v) is 5.64. The van der Waals surface area contributed by atoms with Crippen LogP contribution >= 0.6 is 0 Å². The number of carbonyl (C=O) groups is 3. The van der Waals surface area contributed by atoms with Crippen molar-refractivity contribution >= 4 is 17.8 Å². The molecule has 0 aromatic heterocycles. The fourth-order valence-electron chi connectivity index (χ4n) is 2.49. The number of hydrogen-bond acceptors (Lipinski definition) is 5. The van der Waals surface area contributed by atoms with Crippen molar-refractivity contribution in [3.8, 4) is 5.75 Å². The molecule has 2 rings (SSSR count). The number of nitrogens with zero attached hydrogens (tertiary/aromatic N) is 1. The molecule has 1 aromatic rings. The summed E-state index contributed by atoms with van der Waals surface area (Å²) in [6.45, 7) is 5.50. The molecule has 0 saturated carbocycles. The molecule has 1 heterocycles. The quantitative estimate of drug-likeness (QED) is 0.672. The Hall–Kier alpha value is -2.61. The van der Waals surface area contributed by atoms with Crippen LogP contribution in [0.4, 0.5) is 0 Å². The SMILES string of the molecule is CCOc1ccc(CN2CCC(C(N)=O)CC2)cc1.O=C(O)C(=O)O. The van der Waals surface area contributed by atoms with Crippen LogP contribution in [0.2, 0.25) is 0 Å². The molecule has 1 saturated heterocycles. The van der Waals surface area contributed by atoms with E-state index < -0.39 is 11.9 Å². The molecule has 8 heteroatoms. The molecule has 8 nitrogen and oxygen atoms in total. The summed E-state index contributed by atoms with van der Waals surface area (Å²) >= 11 is 0. The van der Waals surface area contributed by atoms with Crippen molar-refractivity contribution in [1.82, 2.24) is 4.90 Å². The van der Waals surface area contributed by atoms with Gasteiger partial charge in [-0.15, -0.1) is 0 Å². The van der Waals surface area contributed by atoms with E-state index in [2.05, 4.69) is 17.0 Å². The second kappa shape index (κ2) is 10.3. The summed E-state index contributed by atoms with van der Waals surface area (Å²) in [5.41, 5.74) is 6.62. The maximum absolute atomic E-state index is 11.1. The zero-order chi connectivity index (χ0) is 18.8. The zero-order valence-corrected chi connectivity index (χ0v) is 14.2. The monoisotopic (exact) mass is 352 g/mol. The van der Waals surface area contributed by atoms with E-state index in [-0.39, 0.29) is 11.8 Å². The normalized spacial score (nSPS) is 14.9. The van der Waals surface area contributed by atoms with Crippen LogP contribution in [0.15, 0.2) is 24.3 Å². The molecule has 0 bridgehead atoms. The molecule has 0 unspecified atom stereocenters. The predicted octanol–water partition coefficient (Wildman–Crippen LogP) is 0.938. The van der Waals surface area contributed by atoms with Gasteiger partial charge in [0.25, 0.3) is 0 Å². The van der Waals surface area contributed by atoms with Gasteiger partial charge in [0.2, 0.25) is 5.91 Å². The van der Waals surface area contributed by atoms with Gasteiger partial charge < -0.3 is 20.7 Å². The number of carbonyl (C=O) groups excluding carboxylic acids is 1. The third-order valence-corrected chi connectivity index (χ3v) is 3.81. The molecule has 0 radical (unpaired) electrons. The topological polar surface area (TPSA) is 130 Å². The lowest BCUT2D eigenvalue weighted by Crippen LogP contribution is -2.38. The molecule has 0 aliphatic carbocycles. The molecule has 4 N–H and O–H groups in total. The molecular formula is C17H24N2O6. The molecule has 1 amide bonds. The highest BCUT2D eigenvalue weighted by molar-refractivity contribution is 6.27. The number of carboxylic acid groups (broad SMARTS) is 2. The zero-order valence-electron chi connectivity index (χ0n) is 14.2. The van der Waals surface area contributed by atoms with E-state index in [9.17, 15) is 4.79 Å². The van der Waals surface area contributed by atoms with Gasteiger partial charge in [0.05, 0.1) is 6.61 Å². The Balaban J connectivity index is 0.000000450. The molecule has 25 heavy (non-hydrogen) atoms. The third-order valence-electron chi connectivity index (χ3n) is 3.81. The highest BCUT2D eigenvalue weighted by Crippen LogP contribution is 2.19. The maximum Gasteiger partial charge on any atom is 0.414 e. The Morgan fingerprint density at radius 1 is 1.12 bits per heavy atom. The predicted molar refractivity (Wildman–Crippen MR) is 90.1 cm³/mol. The van der Waals surface area contributed by atoms with Crippen molar-refractivity contribution < 1.29 is 29.3 Å². The molecular weight excluding hydrogens is 328 g/mol. The standard InChI is InChI=1S/C15H22N2O2.C2H2O4/c1-2-19-14-5-3-12(4-6-14)11-17-9-7-13(8-10-17)15(16)18;3-1(4)2(5)6/h3-6,13H,2,7-11H2,1H3,(H2,16,18);(H,3,4)(H,5,6). The Morgan fingerprint density at radius 3 is 2.04 bits per heavy atom. The number of nitrogens with two attached hydrogens (primary N) is 1. The fourth-order valence-corrected chi connectivity index (χ4v) is 2.49. The molecule has 1 aliphatic rings. The number of rotatable bonds is 5. The van der Waals surface area contributed by atoms with Crippen LogP contribution in [-0.4, -0.2) is 52.7 Å². The van der Waals surface area contributed by atoms with Crippen LogP contribution in [0, 0.1) is 5.92 Å². The Kier molecular flexibility index (Phi) is 8.42. The summed E-state index contributed by atoms with van der Waals surface area (Å²) in [7, 11) is 0. The molecule has 1 aromatic carbocycles. The summed E-state index contributed by atoms with van der Waals surface area (Å²) in [5.74, 6) is -2.82. The van der Waals surface area contributed by atoms with Crippen LogP contribution in [0.1, 0.15) is 25.3 Å². The number of aliphatic carboxylic acids is 2. The Bertz CT molecular complexity index is 567. The number of ether oxygens (including phenoxy) is 1. The van der Waals surface area contributed by atoms with Gasteiger partial charge in [0.1, 0.15) is 5.75 Å². The third kappa shape index (κ3) is 7.67. The smallest absolute Gasteiger partial charge is 0.414 e. The van der Waals surface area contributed by atoms with Crippen molar-refractivity contribution in [3.63, 3.8) is 0 Å². The summed E-state index contributed by atoms with van der Waals surface area (Å²) in [4.78, 5) is 31.7. The molecule has 138 valence electrons. The minimum atomic E-state index is -1.82. The van der Waals surface area contributed by atoms with Gasteiger partial charge in [-0.2, -0.15) is 0 Å². The molecule has 1 aliphatic heterocycles. The van der Waals surface area contributed by atoms with Crippen molar-refractivity contribution in [1.29, 1.82) is 0 Å². The lowest BCUT2D eigenvalue weighted by Gasteiger charge is -2.30. The summed E-state index contributed by atoms with van der Waals surface area (Å²) < 4.78 is 5.43. The lowest BCUT2D eigenvalue weighted by molar-refractivity contribution is -0.159. The van der Waals surface area contributed by atoms with Gasteiger partial charge in [-0.25, -0.2) is 9.59 Å². The van der Waals surface area contributed by atoms with E-state index in [0.29, 0.717) is 6.61 Å². The number of likely N-dealkylation sites (tertiary alicyclic amines) is 1. The van der Waals surface area contributed by atoms with Gasteiger partial charge in [-0.3, -0.25) is 9.69 Å². The average Bonchev–Trinajstić information content (AvgIpc) is 2.58. The van der Waals surface area contributed by atoms with Crippen LogP contribution in [0.5, 0.6) is 5.75 Å². The van der Waals surface area contributed by atoms with Crippen molar-refractivity contribution in [2.24, 2.45) is 11.7 Å². The van der Waals surface area contributed by atoms with Crippen LogP contribution in [0.3, 0.4) is 0 Å². The molecule has 0 atom stereocenters. The van der Waals surface area contributed by atoms with E-state index in [1.165, 1.54) is 5.56 Å². The average molecular weight is 352 g/mol. The number of primary amides is 1. The Morgan fingerprint density at radius 2 is 1.64 bits per heavy atom. The Labute approximate surface area is 146 Å². The van der Waals surface area contributed by atoms with Crippen molar-refractivity contribution in [2.45, 2.75) is 26.3 Å². The highest BCUT2D eigenvalue weighted by atomic mass is 16.5. The van der Waals surface area contributed by atoms with Gasteiger partial charge >= 0.3 is 11.9 Å². The number of carboxylic acids is 2. The second-order valence-electron chi connectivity index (χ2n) is 5.64. The molecule has 1 fully saturated rings. The van der Waals surface area contributed by atoms with Crippen LogP contribution < -0.4 is 10.5 Å². The van der Waals surface area contributed by atoms with E-state index in [1.54, 1.807) is 0 Å². The van der Waals surface area contributed by atoms with Crippen LogP contribution in [-0.2, 0) is 20.9 Å². The first-order chi connectivity index (χ1) is 11.8. The number of amides is 1. The van der Waals surface area contributed by atoms with Gasteiger partial charge in [0.15, 0.2) is 0 Å². The van der Waals surface area contributed by atoms with E-state index in [1.807, 2.05) is 19.1 Å². The lowest BCUT2D eigenvalue weighted by atomic mass is 9.96. The van der Waals surface area contributed by atoms with Crippen molar-refractivity contribution in [3.05, 3.63) is 29.8 Å².